The maximum absolute atomic E-state index is 13.1. The molecule has 0 atom stereocenters. The number of amides is 2. The van der Waals surface area contributed by atoms with Crippen LogP contribution in [0.4, 0.5) is 0 Å². The average Bonchev–Trinajstić information content (AvgIpc) is 3.60. The molecule has 1 aliphatic carbocycles. The van der Waals surface area contributed by atoms with Crippen molar-refractivity contribution in [1.29, 1.82) is 0 Å². The summed E-state index contributed by atoms with van der Waals surface area (Å²) in [5, 5.41) is 0. The third kappa shape index (κ3) is 4.19. The van der Waals surface area contributed by atoms with Crippen LogP contribution < -0.4 is 0 Å². The molecule has 0 unspecified atom stereocenters. The average molecular weight is 392 g/mol. The zero-order chi connectivity index (χ0) is 20.4. The second kappa shape index (κ2) is 7.97. The molecule has 1 saturated carbocycles. The maximum Gasteiger partial charge on any atom is 0.228 e. The van der Waals surface area contributed by atoms with Crippen LogP contribution in [0.25, 0.3) is 11.1 Å². The number of carbonyl (C=O) groups is 2. The second-order valence-electron chi connectivity index (χ2n) is 8.69. The van der Waals surface area contributed by atoms with Crippen LogP contribution in [0, 0.1) is 11.3 Å². The highest BCUT2D eigenvalue weighted by Gasteiger charge is 2.44. The van der Waals surface area contributed by atoms with Crippen molar-refractivity contribution in [1.82, 2.24) is 14.8 Å². The number of rotatable bonds is 5. The predicted octanol–water partition coefficient (Wildman–Crippen LogP) is 3.40. The Labute approximate surface area is 172 Å². The monoisotopic (exact) mass is 391 g/mol. The van der Waals surface area contributed by atoms with E-state index in [9.17, 15) is 9.59 Å². The van der Waals surface area contributed by atoms with Gasteiger partial charge in [0.05, 0.1) is 5.41 Å². The van der Waals surface area contributed by atoms with Crippen LogP contribution >= 0.6 is 0 Å². The van der Waals surface area contributed by atoms with Gasteiger partial charge < -0.3 is 9.80 Å². The van der Waals surface area contributed by atoms with Crippen LogP contribution in [0.15, 0.2) is 48.8 Å². The predicted molar refractivity (Wildman–Crippen MR) is 113 cm³/mol. The van der Waals surface area contributed by atoms with Crippen LogP contribution in [0.5, 0.6) is 0 Å². The number of hydrogen-bond donors (Lipinski definition) is 0. The first-order chi connectivity index (χ1) is 14.0. The Morgan fingerprint density at radius 2 is 1.76 bits per heavy atom. The van der Waals surface area contributed by atoms with Crippen molar-refractivity contribution in [2.45, 2.75) is 32.1 Å². The van der Waals surface area contributed by atoms with E-state index in [0.717, 1.165) is 42.4 Å². The topological polar surface area (TPSA) is 53.5 Å². The molecule has 2 aromatic rings. The van der Waals surface area contributed by atoms with E-state index in [-0.39, 0.29) is 17.7 Å². The first kappa shape index (κ1) is 19.6. The standard InChI is InChI=1S/C24H29N3O2/c1-26(2)23(29)24(11-14-27(15-12-24)22(28)20-9-10-20)16-18-5-7-19(8-6-18)21-4-3-13-25-17-21/h3-8,13,17,20H,9-12,14-16H2,1-2H3. The number of benzene rings is 1. The number of likely N-dealkylation sites (tertiary alicyclic amines) is 1. The summed E-state index contributed by atoms with van der Waals surface area (Å²) in [4.78, 5) is 33.5. The molecule has 29 heavy (non-hydrogen) atoms. The lowest BCUT2D eigenvalue weighted by Crippen LogP contribution is -2.51. The van der Waals surface area contributed by atoms with E-state index >= 15 is 0 Å². The number of carbonyl (C=O) groups excluding carboxylic acids is 2. The Kier molecular flexibility index (Phi) is 5.39. The maximum atomic E-state index is 13.1. The summed E-state index contributed by atoms with van der Waals surface area (Å²) < 4.78 is 0. The summed E-state index contributed by atoms with van der Waals surface area (Å²) in [6.07, 6.45) is 7.86. The van der Waals surface area contributed by atoms with Gasteiger partial charge in [-0.1, -0.05) is 30.3 Å². The molecule has 5 heteroatoms. The summed E-state index contributed by atoms with van der Waals surface area (Å²) in [6.45, 7) is 1.37. The quantitative estimate of drug-likeness (QED) is 0.785. The summed E-state index contributed by atoms with van der Waals surface area (Å²) in [7, 11) is 3.66. The van der Waals surface area contributed by atoms with Crippen molar-refractivity contribution in [3.8, 4) is 11.1 Å². The lowest BCUT2D eigenvalue weighted by atomic mass is 9.72. The lowest BCUT2D eigenvalue weighted by molar-refractivity contribution is -0.146. The van der Waals surface area contributed by atoms with Crippen LogP contribution in [0.3, 0.4) is 0 Å². The van der Waals surface area contributed by atoms with Crippen molar-refractivity contribution >= 4 is 11.8 Å². The fourth-order valence-electron chi connectivity index (χ4n) is 4.42. The molecule has 2 aliphatic rings. The second-order valence-corrected chi connectivity index (χ2v) is 8.69. The molecule has 2 fully saturated rings. The summed E-state index contributed by atoms with van der Waals surface area (Å²) in [5.41, 5.74) is 2.94. The lowest BCUT2D eigenvalue weighted by Gasteiger charge is -2.42. The van der Waals surface area contributed by atoms with E-state index in [1.807, 2.05) is 37.3 Å². The van der Waals surface area contributed by atoms with Crippen molar-refractivity contribution in [2.24, 2.45) is 11.3 Å². The third-order valence-electron chi connectivity index (χ3n) is 6.31. The summed E-state index contributed by atoms with van der Waals surface area (Å²) >= 11 is 0. The summed E-state index contributed by atoms with van der Waals surface area (Å²) in [5.74, 6) is 0.705. The molecule has 152 valence electrons. The van der Waals surface area contributed by atoms with E-state index in [1.165, 1.54) is 0 Å². The molecule has 1 saturated heterocycles. The van der Waals surface area contributed by atoms with Crippen LogP contribution in [0.1, 0.15) is 31.2 Å². The van der Waals surface area contributed by atoms with Crippen LogP contribution in [-0.2, 0) is 16.0 Å². The number of piperidine rings is 1. The van der Waals surface area contributed by atoms with E-state index in [4.69, 9.17) is 0 Å². The Morgan fingerprint density at radius 3 is 2.31 bits per heavy atom. The number of pyridine rings is 1. The van der Waals surface area contributed by atoms with Crippen LogP contribution in [0.2, 0.25) is 0 Å². The molecule has 0 N–H and O–H groups in total. The van der Waals surface area contributed by atoms with Gasteiger partial charge in [-0.05, 0) is 54.9 Å². The molecule has 0 bridgehead atoms. The molecule has 0 radical (unpaired) electrons. The Bertz CT molecular complexity index is 865. The molecule has 1 aromatic heterocycles. The number of hydrogen-bond acceptors (Lipinski definition) is 3. The number of nitrogens with zero attached hydrogens (tertiary/aromatic N) is 3. The molecule has 1 aromatic carbocycles. The fraction of sp³-hybridized carbons (Fsp3) is 0.458. The number of aromatic nitrogens is 1. The van der Waals surface area contributed by atoms with Crippen molar-refractivity contribution in [2.75, 3.05) is 27.2 Å². The van der Waals surface area contributed by atoms with E-state index < -0.39 is 5.41 Å². The molecular weight excluding hydrogens is 362 g/mol. The minimum atomic E-state index is -0.431. The van der Waals surface area contributed by atoms with Crippen molar-refractivity contribution in [3.05, 3.63) is 54.4 Å². The minimum absolute atomic E-state index is 0.173. The minimum Gasteiger partial charge on any atom is -0.348 e. The molecule has 0 spiro atoms. The van der Waals surface area contributed by atoms with Crippen molar-refractivity contribution < 1.29 is 9.59 Å². The van der Waals surface area contributed by atoms with Gasteiger partial charge in [-0.3, -0.25) is 14.6 Å². The molecule has 2 heterocycles. The Hall–Kier alpha value is -2.69. The summed E-state index contributed by atoms with van der Waals surface area (Å²) in [6, 6.07) is 12.4. The van der Waals surface area contributed by atoms with Gasteiger partial charge in [0.15, 0.2) is 0 Å². The zero-order valence-electron chi connectivity index (χ0n) is 17.3. The van der Waals surface area contributed by atoms with Gasteiger partial charge >= 0.3 is 0 Å². The Morgan fingerprint density at radius 1 is 1.07 bits per heavy atom. The highest BCUT2D eigenvalue weighted by atomic mass is 16.2. The van der Waals surface area contributed by atoms with Gasteiger partial charge in [0, 0.05) is 45.5 Å². The van der Waals surface area contributed by atoms with Crippen LogP contribution in [-0.4, -0.2) is 53.8 Å². The van der Waals surface area contributed by atoms with Gasteiger partial charge in [0.25, 0.3) is 0 Å². The first-order valence-corrected chi connectivity index (χ1v) is 10.5. The fourth-order valence-corrected chi connectivity index (χ4v) is 4.42. The van der Waals surface area contributed by atoms with Crippen molar-refractivity contribution in [3.63, 3.8) is 0 Å². The molecule has 4 rings (SSSR count). The molecular formula is C24H29N3O2. The molecule has 5 nitrogen and oxygen atoms in total. The van der Waals surface area contributed by atoms with Gasteiger partial charge in [-0.2, -0.15) is 0 Å². The SMILES string of the molecule is CN(C)C(=O)C1(Cc2ccc(-c3cccnc3)cc2)CCN(C(=O)C2CC2)CC1. The van der Waals surface area contributed by atoms with E-state index in [1.54, 1.807) is 11.1 Å². The molecule has 1 aliphatic heterocycles. The largest absolute Gasteiger partial charge is 0.348 e. The van der Waals surface area contributed by atoms with Gasteiger partial charge in [0.1, 0.15) is 0 Å². The zero-order valence-corrected chi connectivity index (χ0v) is 17.3. The third-order valence-corrected chi connectivity index (χ3v) is 6.31. The smallest absolute Gasteiger partial charge is 0.228 e. The molecule has 2 amide bonds. The normalized spacial score (nSPS) is 18.3. The first-order valence-electron chi connectivity index (χ1n) is 10.5. The van der Waals surface area contributed by atoms with Gasteiger partial charge in [-0.15, -0.1) is 0 Å². The van der Waals surface area contributed by atoms with E-state index in [2.05, 4.69) is 29.2 Å². The van der Waals surface area contributed by atoms with Gasteiger partial charge in [0.2, 0.25) is 11.8 Å². The van der Waals surface area contributed by atoms with E-state index in [0.29, 0.717) is 19.5 Å². The van der Waals surface area contributed by atoms with Gasteiger partial charge in [-0.25, -0.2) is 0 Å². The highest BCUT2D eigenvalue weighted by molar-refractivity contribution is 5.84. The Balaban J connectivity index is 1.50. The highest BCUT2D eigenvalue weighted by Crippen LogP contribution is 2.39.